The molecule has 7 heteroatoms. The molecule has 0 aliphatic carbocycles. The van der Waals surface area contributed by atoms with E-state index in [1.807, 2.05) is 0 Å². The Balaban J connectivity index is 2.09. The van der Waals surface area contributed by atoms with Crippen molar-refractivity contribution in [2.45, 2.75) is 32.7 Å². The van der Waals surface area contributed by atoms with E-state index in [4.69, 9.17) is 0 Å². The lowest BCUT2D eigenvalue weighted by Gasteiger charge is -2.36. The number of carbonyl (C=O) groups is 2. The molecule has 0 bridgehead atoms. The monoisotopic (exact) mass is 279 g/mol. The van der Waals surface area contributed by atoms with Gasteiger partial charge in [0.15, 0.2) is 0 Å². The highest BCUT2D eigenvalue weighted by molar-refractivity contribution is 5.89. The minimum Gasteiger partial charge on any atom is -0.353 e. The third-order valence-electron chi connectivity index (χ3n) is 3.49. The molecule has 1 aromatic heterocycles. The van der Waals surface area contributed by atoms with E-state index in [-0.39, 0.29) is 24.3 Å². The molecule has 2 rings (SSSR count). The molecular weight excluding hydrogens is 258 g/mol. The topological polar surface area (TPSA) is 80.1 Å². The SMILES string of the molecule is CC(C)CC1C(=O)NCCN1C(=O)Cc1cnnn1C. The summed E-state index contributed by atoms with van der Waals surface area (Å²) in [5.74, 6) is 0.259. The van der Waals surface area contributed by atoms with Gasteiger partial charge in [0.05, 0.1) is 18.3 Å². The second-order valence-electron chi connectivity index (χ2n) is 5.55. The van der Waals surface area contributed by atoms with Crippen molar-refractivity contribution >= 4 is 11.8 Å². The molecule has 0 aromatic carbocycles. The Kier molecular flexibility index (Phi) is 4.36. The lowest BCUT2D eigenvalue weighted by Crippen LogP contribution is -2.57. The first-order chi connectivity index (χ1) is 9.49. The highest BCUT2D eigenvalue weighted by atomic mass is 16.2. The standard InChI is InChI=1S/C13H21N5O2/c1-9(2)6-11-13(20)14-4-5-18(11)12(19)7-10-8-15-16-17(10)3/h8-9,11H,4-7H2,1-3H3,(H,14,20). The minimum atomic E-state index is -0.363. The van der Waals surface area contributed by atoms with Crippen LogP contribution in [0.2, 0.25) is 0 Å². The number of aryl methyl sites for hydroxylation is 1. The first-order valence-electron chi connectivity index (χ1n) is 6.89. The lowest BCUT2D eigenvalue weighted by molar-refractivity contribution is -0.143. The summed E-state index contributed by atoms with van der Waals surface area (Å²) in [7, 11) is 1.75. The van der Waals surface area contributed by atoms with Gasteiger partial charge in [0.2, 0.25) is 11.8 Å². The smallest absolute Gasteiger partial charge is 0.242 e. The van der Waals surface area contributed by atoms with Crippen molar-refractivity contribution < 1.29 is 9.59 Å². The summed E-state index contributed by atoms with van der Waals surface area (Å²) in [5.41, 5.74) is 0.754. The van der Waals surface area contributed by atoms with E-state index in [9.17, 15) is 9.59 Å². The van der Waals surface area contributed by atoms with E-state index in [1.165, 1.54) is 0 Å². The van der Waals surface area contributed by atoms with Crippen LogP contribution in [0.15, 0.2) is 6.20 Å². The van der Waals surface area contributed by atoms with Crippen LogP contribution >= 0.6 is 0 Å². The van der Waals surface area contributed by atoms with Crippen LogP contribution in [0.5, 0.6) is 0 Å². The van der Waals surface area contributed by atoms with Crippen LogP contribution in [-0.4, -0.2) is 50.8 Å². The molecule has 0 spiro atoms. The van der Waals surface area contributed by atoms with Crippen LogP contribution in [0.3, 0.4) is 0 Å². The van der Waals surface area contributed by atoms with Gasteiger partial charge in [-0.05, 0) is 12.3 Å². The van der Waals surface area contributed by atoms with Crippen molar-refractivity contribution in [2.24, 2.45) is 13.0 Å². The molecule has 1 fully saturated rings. The molecule has 1 N–H and O–H groups in total. The Hall–Kier alpha value is -1.92. The van der Waals surface area contributed by atoms with Crippen molar-refractivity contribution in [3.63, 3.8) is 0 Å². The maximum atomic E-state index is 12.4. The second kappa shape index (κ2) is 6.02. The Morgan fingerprint density at radius 2 is 2.30 bits per heavy atom. The van der Waals surface area contributed by atoms with Crippen LogP contribution in [-0.2, 0) is 23.1 Å². The number of rotatable bonds is 4. The molecule has 110 valence electrons. The molecule has 7 nitrogen and oxygen atoms in total. The van der Waals surface area contributed by atoms with E-state index in [0.29, 0.717) is 25.4 Å². The number of carbonyl (C=O) groups excluding carboxylic acids is 2. The molecule has 1 aromatic rings. The summed E-state index contributed by atoms with van der Waals surface area (Å²) in [4.78, 5) is 26.1. The summed E-state index contributed by atoms with van der Waals surface area (Å²) >= 11 is 0. The van der Waals surface area contributed by atoms with Gasteiger partial charge < -0.3 is 10.2 Å². The molecule has 1 aliphatic rings. The van der Waals surface area contributed by atoms with Crippen LogP contribution in [0.4, 0.5) is 0 Å². The van der Waals surface area contributed by atoms with Gasteiger partial charge in [-0.1, -0.05) is 19.1 Å². The molecule has 1 aliphatic heterocycles. The van der Waals surface area contributed by atoms with E-state index in [0.717, 1.165) is 5.69 Å². The summed E-state index contributed by atoms with van der Waals surface area (Å²) in [5, 5.41) is 10.4. The third kappa shape index (κ3) is 3.15. The van der Waals surface area contributed by atoms with Gasteiger partial charge in [-0.25, -0.2) is 0 Å². The zero-order valence-electron chi connectivity index (χ0n) is 12.2. The first kappa shape index (κ1) is 14.5. The minimum absolute atomic E-state index is 0.0455. The van der Waals surface area contributed by atoms with Gasteiger partial charge in [-0.2, -0.15) is 0 Å². The number of nitrogens with zero attached hydrogens (tertiary/aromatic N) is 4. The molecular formula is C13H21N5O2. The maximum Gasteiger partial charge on any atom is 0.242 e. The fourth-order valence-corrected chi connectivity index (χ4v) is 2.42. The van der Waals surface area contributed by atoms with Gasteiger partial charge in [-0.15, -0.1) is 5.10 Å². The van der Waals surface area contributed by atoms with Gasteiger partial charge in [0.1, 0.15) is 6.04 Å². The van der Waals surface area contributed by atoms with Crippen molar-refractivity contribution in [2.75, 3.05) is 13.1 Å². The largest absolute Gasteiger partial charge is 0.353 e. The van der Waals surface area contributed by atoms with Crippen molar-refractivity contribution in [1.29, 1.82) is 0 Å². The average molecular weight is 279 g/mol. The normalized spacial score (nSPS) is 19.3. The first-order valence-corrected chi connectivity index (χ1v) is 6.89. The van der Waals surface area contributed by atoms with Crippen molar-refractivity contribution in [3.05, 3.63) is 11.9 Å². The van der Waals surface area contributed by atoms with E-state index in [1.54, 1.807) is 22.8 Å². The number of nitrogens with one attached hydrogen (secondary N) is 1. The van der Waals surface area contributed by atoms with Crippen LogP contribution in [0.1, 0.15) is 26.0 Å². The number of aromatic nitrogens is 3. The summed E-state index contributed by atoms with van der Waals surface area (Å²) in [6.07, 6.45) is 2.49. The van der Waals surface area contributed by atoms with Crippen molar-refractivity contribution in [1.82, 2.24) is 25.2 Å². The van der Waals surface area contributed by atoms with E-state index < -0.39 is 0 Å². The van der Waals surface area contributed by atoms with Crippen LogP contribution < -0.4 is 5.32 Å². The molecule has 1 atom stereocenters. The third-order valence-corrected chi connectivity index (χ3v) is 3.49. The Labute approximate surface area is 118 Å². The predicted octanol–water partition coefficient (Wildman–Crippen LogP) is -0.269. The highest BCUT2D eigenvalue weighted by Crippen LogP contribution is 2.16. The molecule has 0 saturated carbocycles. The number of piperazine rings is 1. The number of hydrogen-bond donors (Lipinski definition) is 1. The van der Waals surface area contributed by atoms with Gasteiger partial charge in [0, 0.05) is 20.1 Å². The molecule has 1 unspecified atom stereocenters. The van der Waals surface area contributed by atoms with Crippen molar-refractivity contribution in [3.8, 4) is 0 Å². The quantitative estimate of drug-likeness (QED) is 0.823. The number of hydrogen-bond acceptors (Lipinski definition) is 4. The molecule has 2 amide bonds. The summed E-state index contributed by atoms with van der Waals surface area (Å²) in [6.45, 7) is 5.18. The molecule has 2 heterocycles. The Morgan fingerprint density at radius 1 is 1.55 bits per heavy atom. The maximum absolute atomic E-state index is 12.4. The highest BCUT2D eigenvalue weighted by Gasteiger charge is 2.33. The summed E-state index contributed by atoms with van der Waals surface area (Å²) < 4.78 is 1.58. The summed E-state index contributed by atoms with van der Waals surface area (Å²) in [6, 6.07) is -0.363. The van der Waals surface area contributed by atoms with Crippen LogP contribution in [0, 0.1) is 5.92 Å². The Morgan fingerprint density at radius 3 is 2.90 bits per heavy atom. The predicted molar refractivity (Wildman–Crippen MR) is 72.7 cm³/mol. The van der Waals surface area contributed by atoms with Gasteiger partial charge in [0.25, 0.3) is 0 Å². The zero-order valence-corrected chi connectivity index (χ0v) is 12.2. The molecule has 20 heavy (non-hydrogen) atoms. The van der Waals surface area contributed by atoms with Crippen LogP contribution in [0.25, 0.3) is 0 Å². The fraction of sp³-hybridized carbons (Fsp3) is 0.692. The second-order valence-corrected chi connectivity index (χ2v) is 5.55. The Bertz CT molecular complexity index is 497. The average Bonchev–Trinajstić information content (AvgIpc) is 2.77. The zero-order chi connectivity index (χ0) is 14.7. The van der Waals surface area contributed by atoms with E-state index in [2.05, 4.69) is 29.5 Å². The molecule has 0 radical (unpaired) electrons. The fourth-order valence-electron chi connectivity index (χ4n) is 2.42. The van der Waals surface area contributed by atoms with Gasteiger partial charge in [-0.3, -0.25) is 14.3 Å². The van der Waals surface area contributed by atoms with Gasteiger partial charge >= 0.3 is 0 Å². The van der Waals surface area contributed by atoms with E-state index >= 15 is 0 Å². The number of amides is 2. The lowest BCUT2D eigenvalue weighted by atomic mass is 9.99. The molecule has 1 saturated heterocycles.